The summed E-state index contributed by atoms with van der Waals surface area (Å²) in [7, 11) is 1.09. The van der Waals surface area contributed by atoms with E-state index < -0.39 is 0 Å². The Hall–Kier alpha value is -1.50. The van der Waals surface area contributed by atoms with Crippen LogP contribution >= 0.6 is 0 Å². The van der Waals surface area contributed by atoms with Gasteiger partial charge in [0, 0.05) is 5.41 Å². The molecule has 2 aromatic carbocycles. The van der Waals surface area contributed by atoms with Crippen molar-refractivity contribution >= 4 is 12.7 Å². The van der Waals surface area contributed by atoms with Crippen LogP contribution in [-0.4, -0.2) is 7.28 Å². The summed E-state index contributed by atoms with van der Waals surface area (Å²) in [6.07, 6.45) is 3.78. The average molecular weight is 374 g/mol. The highest BCUT2D eigenvalue weighted by molar-refractivity contribution is 6.54. The molecule has 0 N–H and O–H groups in total. The van der Waals surface area contributed by atoms with Crippen LogP contribution in [0.2, 0.25) is 6.82 Å². The molecule has 3 rings (SSSR count). The minimum Gasteiger partial charge on any atom is -0.0849 e. The van der Waals surface area contributed by atoms with Gasteiger partial charge in [-0.15, -0.1) is 0 Å². The normalized spacial score (nSPS) is 17.9. The third-order valence-corrected chi connectivity index (χ3v) is 8.12. The lowest BCUT2D eigenvalue weighted by Gasteiger charge is -2.48. The fourth-order valence-corrected chi connectivity index (χ4v) is 5.59. The molecular formula is C27H39B. The maximum Gasteiger partial charge on any atom is 0.155 e. The Morgan fingerprint density at radius 2 is 1.64 bits per heavy atom. The van der Waals surface area contributed by atoms with Gasteiger partial charge >= 0.3 is 0 Å². The van der Waals surface area contributed by atoms with Gasteiger partial charge in [0.25, 0.3) is 0 Å². The zero-order chi connectivity index (χ0) is 20.9. The van der Waals surface area contributed by atoms with Crippen LogP contribution in [-0.2, 0) is 11.8 Å². The van der Waals surface area contributed by atoms with Gasteiger partial charge in [0.05, 0.1) is 0 Å². The first kappa shape index (κ1) is 21.2. The lowest BCUT2D eigenvalue weighted by molar-refractivity contribution is 0.116. The largest absolute Gasteiger partial charge is 0.155 e. The van der Waals surface area contributed by atoms with E-state index in [-0.39, 0.29) is 10.8 Å². The SMILES string of the molecule is CBc1c(C)cccc1-c1c(C)cc(C(C)(C(C)(C)C)C2(C)CC2)cc1CC. The summed E-state index contributed by atoms with van der Waals surface area (Å²) >= 11 is 0. The van der Waals surface area contributed by atoms with Crippen LogP contribution in [0.4, 0.5) is 0 Å². The molecule has 0 bridgehead atoms. The third kappa shape index (κ3) is 3.16. The van der Waals surface area contributed by atoms with Crippen molar-refractivity contribution in [2.45, 2.75) is 86.9 Å². The molecule has 0 aliphatic heterocycles. The molecule has 1 saturated carbocycles. The molecule has 28 heavy (non-hydrogen) atoms. The van der Waals surface area contributed by atoms with Crippen molar-refractivity contribution < 1.29 is 0 Å². The van der Waals surface area contributed by atoms with Crippen molar-refractivity contribution in [3.8, 4) is 11.1 Å². The van der Waals surface area contributed by atoms with Gasteiger partial charge in [-0.2, -0.15) is 0 Å². The molecule has 0 spiro atoms. The first-order valence-corrected chi connectivity index (χ1v) is 11.2. The van der Waals surface area contributed by atoms with Gasteiger partial charge < -0.3 is 0 Å². The molecule has 0 radical (unpaired) electrons. The van der Waals surface area contributed by atoms with E-state index in [1.165, 1.54) is 46.1 Å². The Kier molecular flexibility index (Phi) is 5.37. The van der Waals surface area contributed by atoms with E-state index >= 15 is 0 Å². The number of benzene rings is 2. The lowest BCUT2D eigenvalue weighted by Crippen LogP contribution is -2.44. The summed E-state index contributed by atoms with van der Waals surface area (Å²) in [6, 6.07) is 11.9. The van der Waals surface area contributed by atoms with Crippen LogP contribution in [0.1, 0.15) is 76.6 Å². The second-order valence-electron chi connectivity index (χ2n) is 10.6. The minimum absolute atomic E-state index is 0.188. The number of aryl methyl sites for hydroxylation is 3. The molecule has 0 heterocycles. The molecule has 0 saturated heterocycles. The van der Waals surface area contributed by atoms with Gasteiger partial charge in [0.2, 0.25) is 0 Å². The maximum atomic E-state index is 2.55. The van der Waals surface area contributed by atoms with E-state index in [9.17, 15) is 0 Å². The predicted molar refractivity (Wildman–Crippen MR) is 128 cm³/mol. The van der Waals surface area contributed by atoms with Crippen molar-refractivity contribution in [2.75, 3.05) is 0 Å². The summed E-state index contributed by atoms with van der Waals surface area (Å²) in [5.41, 5.74) is 11.2. The van der Waals surface area contributed by atoms with Crippen LogP contribution in [0.15, 0.2) is 30.3 Å². The van der Waals surface area contributed by atoms with Crippen LogP contribution < -0.4 is 5.46 Å². The fraction of sp³-hybridized carbons (Fsp3) is 0.556. The van der Waals surface area contributed by atoms with Gasteiger partial charge in [-0.05, 0) is 71.8 Å². The highest BCUT2D eigenvalue weighted by atomic mass is 14.6. The molecule has 0 aromatic heterocycles. The number of rotatable bonds is 5. The first-order chi connectivity index (χ1) is 13.0. The molecule has 1 unspecified atom stereocenters. The molecule has 1 aliphatic rings. The Morgan fingerprint density at radius 1 is 1.00 bits per heavy atom. The van der Waals surface area contributed by atoms with E-state index in [0.29, 0.717) is 5.41 Å². The molecule has 1 heteroatoms. The maximum absolute atomic E-state index is 2.55. The topological polar surface area (TPSA) is 0 Å². The van der Waals surface area contributed by atoms with Crippen LogP contribution in [0.25, 0.3) is 11.1 Å². The Balaban J connectivity index is 2.26. The molecular weight excluding hydrogens is 335 g/mol. The molecule has 1 aliphatic carbocycles. The Bertz CT molecular complexity index is 873. The van der Waals surface area contributed by atoms with Gasteiger partial charge in [-0.1, -0.05) is 89.7 Å². The highest BCUT2D eigenvalue weighted by Crippen LogP contribution is 2.65. The minimum atomic E-state index is 0.188. The van der Waals surface area contributed by atoms with E-state index in [1.807, 2.05) is 0 Å². The quantitative estimate of drug-likeness (QED) is 0.508. The molecule has 150 valence electrons. The Labute approximate surface area is 174 Å². The van der Waals surface area contributed by atoms with Crippen molar-refractivity contribution in [3.05, 3.63) is 52.6 Å². The summed E-state index contributed by atoms with van der Waals surface area (Å²) in [4.78, 5) is 0. The van der Waals surface area contributed by atoms with E-state index in [0.717, 1.165) is 13.7 Å². The van der Waals surface area contributed by atoms with Gasteiger partial charge in [0.1, 0.15) is 0 Å². The third-order valence-electron chi connectivity index (χ3n) is 8.12. The van der Waals surface area contributed by atoms with Crippen molar-refractivity contribution in [1.82, 2.24) is 0 Å². The molecule has 2 aromatic rings. The van der Waals surface area contributed by atoms with Crippen LogP contribution in [0.3, 0.4) is 0 Å². The molecule has 0 nitrogen and oxygen atoms in total. The number of hydrogen-bond donors (Lipinski definition) is 0. The van der Waals surface area contributed by atoms with Gasteiger partial charge in [-0.3, -0.25) is 0 Å². The number of hydrogen-bond acceptors (Lipinski definition) is 0. The smallest absolute Gasteiger partial charge is 0.0849 e. The summed E-state index contributed by atoms with van der Waals surface area (Å²) in [5.74, 6) is 0. The van der Waals surface area contributed by atoms with Crippen LogP contribution in [0.5, 0.6) is 0 Å². The fourth-order valence-electron chi connectivity index (χ4n) is 5.59. The van der Waals surface area contributed by atoms with E-state index in [2.05, 4.69) is 92.5 Å². The summed E-state index contributed by atoms with van der Waals surface area (Å²) in [5, 5.41) is 0. The second-order valence-corrected chi connectivity index (χ2v) is 10.6. The van der Waals surface area contributed by atoms with E-state index in [4.69, 9.17) is 0 Å². The zero-order valence-electron chi connectivity index (χ0n) is 19.7. The van der Waals surface area contributed by atoms with Crippen molar-refractivity contribution in [1.29, 1.82) is 0 Å². The highest BCUT2D eigenvalue weighted by Gasteiger charge is 2.58. The monoisotopic (exact) mass is 374 g/mol. The summed E-state index contributed by atoms with van der Waals surface area (Å²) in [6.45, 7) is 21.5. The first-order valence-electron chi connectivity index (χ1n) is 11.2. The second kappa shape index (κ2) is 7.08. The van der Waals surface area contributed by atoms with E-state index in [1.54, 1.807) is 5.56 Å². The summed E-state index contributed by atoms with van der Waals surface area (Å²) < 4.78 is 0. The lowest BCUT2D eigenvalue weighted by atomic mass is 9.55. The average Bonchev–Trinajstić information content (AvgIpc) is 3.38. The molecule has 0 amide bonds. The van der Waals surface area contributed by atoms with Gasteiger partial charge in [-0.25, -0.2) is 0 Å². The van der Waals surface area contributed by atoms with Crippen molar-refractivity contribution in [3.63, 3.8) is 0 Å². The zero-order valence-corrected chi connectivity index (χ0v) is 19.7. The molecule has 1 atom stereocenters. The Morgan fingerprint density at radius 3 is 2.14 bits per heavy atom. The van der Waals surface area contributed by atoms with Crippen LogP contribution in [0, 0.1) is 24.7 Å². The predicted octanol–water partition coefficient (Wildman–Crippen LogP) is 6.75. The van der Waals surface area contributed by atoms with Crippen molar-refractivity contribution in [2.24, 2.45) is 10.8 Å². The standard InChI is InChI=1S/C27H39B/c1-10-20-17-21(27(8,25(4,5)6)26(7)14-15-26)16-19(3)23(20)22-13-11-12-18(2)24(22)28-9/h11-13,16-17,28H,10,14-15H2,1-9H3. The molecule has 1 fully saturated rings. The van der Waals surface area contributed by atoms with Gasteiger partial charge in [0.15, 0.2) is 7.28 Å².